The van der Waals surface area contributed by atoms with Crippen LogP contribution in [0.1, 0.15) is 16.7 Å². The Labute approximate surface area is 111 Å². The molecule has 0 saturated carbocycles. The van der Waals surface area contributed by atoms with Crippen LogP contribution in [-0.2, 0) is 13.2 Å². The van der Waals surface area contributed by atoms with E-state index in [4.69, 9.17) is 16.1 Å². The number of anilines is 2. The van der Waals surface area contributed by atoms with E-state index in [1.54, 1.807) is 6.07 Å². The maximum Gasteiger partial charge on any atom is 0.149 e. The van der Waals surface area contributed by atoms with Gasteiger partial charge in [-0.3, -0.25) is 0 Å². The van der Waals surface area contributed by atoms with Gasteiger partial charge in [0.25, 0.3) is 0 Å². The Hall–Kier alpha value is -2.58. The van der Waals surface area contributed by atoms with Gasteiger partial charge < -0.3 is 16.2 Å². The predicted molar refractivity (Wildman–Crippen MR) is 73.1 cm³/mol. The molecule has 0 aliphatic rings. The number of benzene rings is 1. The molecule has 19 heavy (non-hydrogen) atoms. The van der Waals surface area contributed by atoms with E-state index in [1.165, 1.54) is 6.20 Å². The van der Waals surface area contributed by atoms with Crippen LogP contribution in [0.4, 0.5) is 11.5 Å². The third-order valence-electron chi connectivity index (χ3n) is 2.71. The van der Waals surface area contributed by atoms with Gasteiger partial charge in [0.2, 0.25) is 0 Å². The third kappa shape index (κ3) is 3.21. The summed E-state index contributed by atoms with van der Waals surface area (Å²) in [5, 5.41) is 20.8. The van der Waals surface area contributed by atoms with E-state index >= 15 is 0 Å². The van der Waals surface area contributed by atoms with Gasteiger partial charge in [0.15, 0.2) is 0 Å². The highest BCUT2D eigenvalue weighted by Gasteiger charge is 2.02. The fraction of sp³-hybridized carbons (Fsp3) is 0.143. The Balaban J connectivity index is 2.04. The molecule has 0 saturated heterocycles. The van der Waals surface area contributed by atoms with Crippen LogP contribution in [-0.4, -0.2) is 10.1 Å². The summed E-state index contributed by atoms with van der Waals surface area (Å²) in [6, 6.07) is 11.2. The van der Waals surface area contributed by atoms with Gasteiger partial charge in [-0.2, -0.15) is 5.26 Å². The smallest absolute Gasteiger partial charge is 0.149 e. The van der Waals surface area contributed by atoms with Crippen LogP contribution in [0.5, 0.6) is 0 Å². The largest absolute Gasteiger partial charge is 0.396 e. The Kier molecular flexibility index (Phi) is 3.96. The lowest BCUT2D eigenvalue weighted by molar-refractivity contribution is 0.282. The summed E-state index contributed by atoms with van der Waals surface area (Å²) in [6.07, 6.45) is 1.48. The SMILES string of the molecule is N#Cc1cnc(NCc2ccc(CO)cc2)c(N)c1. The summed E-state index contributed by atoms with van der Waals surface area (Å²) >= 11 is 0. The minimum Gasteiger partial charge on any atom is -0.396 e. The third-order valence-corrected chi connectivity index (χ3v) is 2.71. The van der Waals surface area contributed by atoms with E-state index in [0.29, 0.717) is 23.6 Å². The molecule has 0 fully saturated rings. The maximum atomic E-state index is 8.95. The maximum absolute atomic E-state index is 8.95. The van der Waals surface area contributed by atoms with Gasteiger partial charge in [-0.15, -0.1) is 0 Å². The van der Waals surface area contributed by atoms with Crippen molar-refractivity contribution in [2.45, 2.75) is 13.2 Å². The summed E-state index contributed by atoms with van der Waals surface area (Å²) in [5.41, 5.74) is 8.62. The fourth-order valence-corrected chi connectivity index (χ4v) is 1.64. The summed E-state index contributed by atoms with van der Waals surface area (Å²) in [4.78, 5) is 4.10. The Morgan fingerprint density at radius 3 is 2.53 bits per heavy atom. The van der Waals surface area contributed by atoms with E-state index in [0.717, 1.165) is 11.1 Å². The number of pyridine rings is 1. The lowest BCUT2D eigenvalue weighted by atomic mass is 10.1. The standard InChI is InChI=1S/C14H14N4O/c15-6-12-5-13(16)14(18-8-12)17-7-10-1-3-11(9-19)4-2-10/h1-5,8,19H,7,9,16H2,(H,17,18). The van der Waals surface area contributed by atoms with Crippen molar-refractivity contribution in [1.82, 2.24) is 4.98 Å². The van der Waals surface area contributed by atoms with E-state index in [9.17, 15) is 0 Å². The molecular formula is C14H14N4O. The highest BCUT2D eigenvalue weighted by molar-refractivity contribution is 5.63. The zero-order chi connectivity index (χ0) is 13.7. The molecule has 0 amide bonds. The number of nitrogen functional groups attached to an aromatic ring is 1. The second-order valence-corrected chi connectivity index (χ2v) is 4.10. The lowest BCUT2D eigenvalue weighted by Gasteiger charge is -2.08. The van der Waals surface area contributed by atoms with Gasteiger partial charge in [0.1, 0.15) is 11.9 Å². The van der Waals surface area contributed by atoms with Crippen molar-refractivity contribution in [3.63, 3.8) is 0 Å². The molecular weight excluding hydrogens is 240 g/mol. The van der Waals surface area contributed by atoms with E-state index in [2.05, 4.69) is 10.3 Å². The van der Waals surface area contributed by atoms with E-state index < -0.39 is 0 Å². The number of hydrogen-bond acceptors (Lipinski definition) is 5. The first-order valence-electron chi connectivity index (χ1n) is 5.81. The molecule has 5 heteroatoms. The number of nitrogens with zero attached hydrogens (tertiary/aromatic N) is 2. The number of aliphatic hydroxyl groups excluding tert-OH is 1. The molecule has 2 rings (SSSR count). The minimum absolute atomic E-state index is 0.0395. The summed E-state index contributed by atoms with van der Waals surface area (Å²) < 4.78 is 0. The average Bonchev–Trinajstić information content (AvgIpc) is 2.46. The van der Waals surface area contributed by atoms with Gasteiger partial charge in [0, 0.05) is 12.7 Å². The molecule has 2 aromatic rings. The summed E-state index contributed by atoms with van der Waals surface area (Å²) in [5.74, 6) is 0.560. The molecule has 0 spiro atoms. The minimum atomic E-state index is 0.0395. The van der Waals surface area contributed by atoms with Crippen molar-refractivity contribution >= 4 is 11.5 Å². The summed E-state index contributed by atoms with van der Waals surface area (Å²) in [7, 11) is 0. The first-order valence-corrected chi connectivity index (χ1v) is 5.81. The zero-order valence-electron chi connectivity index (χ0n) is 10.3. The fourth-order valence-electron chi connectivity index (χ4n) is 1.64. The first kappa shape index (κ1) is 12.9. The molecule has 1 aromatic carbocycles. The highest BCUT2D eigenvalue weighted by atomic mass is 16.3. The van der Waals surface area contributed by atoms with Crippen LogP contribution < -0.4 is 11.1 Å². The predicted octanol–water partition coefficient (Wildman–Crippen LogP) is 1.64. The van der Waals surface area contributed by atoms with Crippen LogP contribution >= 0.6 is 0 Å². The van der Waals surface area contributed by atoms with Crippen molar-refractivity contribution in [1.29, 1.82) is 5.26 Å². The van der Waals surface area contributed by atoms with Gasteiger partial charge in [-0.25, -0.2) is 4.98 Å². The van der Waals surface area contributed by atoms with E-state index in [1.807, 2.05) is 30.3 Å². The quantitative estimate of drug-likeness (QED) is 0.771. The van der Waals surface area contributed by atoms with Crippen LogP contribution in [0.15, 0.2) is 36.5 Å². The number of aromatic nitrogens is 1. The Bertz CT molecular complexity index is 602. The van der Waals surface area contributed by atoms with Gasteiger partial charge >= 0.3 is 0 Å². The van der Waals surface area contributed by atoms with Crippen molar-refractivity contribution in [2.75, 3.05) is 11.1 Å². The molecule has 0 aliphatic carbocycles. The lowest BCUT2D eigenvalue weighted by Crippen LogP contribution is -2.05. The zero-order valence-corrected chi connectivity index (χ0v) is 10.3. The first-order chi connectivity index (χ1) is 9.22. The van der Waals surface area contributed by atoms with Crippen LogP contribution in [0.25, 0.3) is 0 Å². The molecule has 5 nitrogen and oxygen atoms in total. The molecule has 4 N–H and O–H groups in total. The van der Waals surface area contributed by atoms with Gasteiger partial charge in [0.05, 0.1) is 17.9 Å². The number of aliphatic hydroxyl groups is 1. The van der Waals surface area contributed by atoms with Gasteiger partial charge in [-0.1, -0.05) is 24.3 Å². The van der Waals surface area contributed by atoms with Crippen molar-refractivity contribution in [3.8, 4) is 6.07 Å². The second kappa shape index (κ2) is 5.85. The molecule has 0 aliphatic heterocycles. The average molecular weight is 254 g/mol. The number of nitriles is 1. The highest BCUT2D eigenvalue weighted by Crippen LogP contribution is 2.17. The van der Waals surface area contributed by atoms with Crippen LogP contribution in [0, 0.1) is 11.3 Å². The van der Waals surface area contributed by atoms with Crippen LogP contribution in [0.2, 0.25) is 0 Å². The second-order valence-electron chi connectivity index (χ2n) is 4.10. The van der Waals surface area contributed by atoms with Crippen molar-refractivity contribution in [2.24, 2.45) is 0 Å². The van der Waals surface area contributed by atoms with Crippen molar-refractivity contribution < 1.29 is 5.11 Å². The molecule has 0 bridgehead atoms. The summed E-state index contributed by atoms with van der Waals surface area (Å²) in [6.45, 7) is 0.618. The van der Waals surface area contributed by atoms with Crippen molar-refractivity contribution in [3.05, 3.63) is 53.2 Å². The molecule has 0 unspecified atom stereocenters. The molecule has 0 atom stereocenters. The molecule has 1 heterocycles. The molecule has 0 radical (unpaired) electrons. The number of nitrogens with one attached hydrogen (secondary N) is 1. The molecule has 96 valence electrons. The Morgan fingerprint density at radius 1 is 1.26 bits per heavy atom. The van der Waals surface area contributed by atoms with Gasteiger partial charge in [-0.05, 0) is 17.2 Å². The number of hydrogen-bond donors (Lipinski definition) is 3. The number of nitrogens with two attached hydrogens (primary N) is 1. The topological polar surface area (TPSA) is 95.0 Å². The normalized spacial score (nSPS) is 9.89. The van der Waals surface area contributed by atoms with E-state index in [-0.39, 0.29) is 6.61 Å². The van der Waals surface area contributed by atoms with Crippen LogP contribution in [0.3, 0.4) is 0 Å². The Morgan fingerprint density at radius 2 is 1.95 bits per heavy atom. The molecule has 1 aromatic heterocycles. The number of rotatable bonds is 4. The monoisotopic (exact) mass is 254 g/mol.